The van der Waals surface area contributed by atoms with Crippen LogP contribution in [-0.2, 0) is 0 Å². The molecule has 2 heteroatoms. The lowest BCUT2D eigenvalue weighted by Gasteiger charge is -2.40. The molecule has 0 spiro atoms. The van der Waals surface area contributed by atoms with Crippen LogP contribution in [0.15, 0.2) is 18.2 Å². The number of nitrogens with zero attached hydrogens (tertiary/aromatic N) is 1. The van der Waals surface area contributed by atoms with Gasteiger partial charge in [-0.05, 0) is 64.8 Å². The second kappa shape index (κ2) is 4.93. The van der Waals surface area contributed by atoms with E-state index in [1.807, 2.05) is 0 Å². The molecule has 1 atom stereocenters. The maximum atomic E-state index is 3.59. The van der Waals surface area contributed by atoms with E-state index in [-0.39, 0.29) is 5.54 Å². The monoisotopic (exact) mass is 246 g/mol. The number of benzene rings is 1. The summed E-state index contributed by atoms with van der Waals surface area (Å²) in [6.07, 6.45) is 1.19. The van der Waals surface area contributed by atoms with Gasteiger partial charge < -0.3 is 10.2 Å². The highest BCUT2D eigenvalue weighted by molar-refractivity contribution is 5.57. The molecular weight excluding hydrogens is 220 g/mol. The zero-order valence-electron chi connectivity index (χ0n) is 12.4. The molecule has 1 unspecified atom stereocenters. The summed E-state index contributed by atoms with van der Waals surface area (Å²) in [5.41, 5.74) is 4.34. The van der Waals surface area contributed by atoms with Crippen molar-refractivity contribution < 1.29 is 0 Å². The lowest BCUT2D eigenvalue weighted by atomic mass is 9.96. The van der Waals surface area contributed by atoms with E-state index < -0.39 is 0 Å². The summed E-state index contributed by atoms with van der Waals surface area (Å²) in [7, 11) is 0. The summed E-state index contributed by atoms with van der Waals surface area (Å²) in [6.45, 7) is 13.6. The first kappa shape index (κ1) is 13.4. The summed E-state index contributed by atoms with van der Waals surface area (Å²) >= 11 is 0. The fourth-order valence-corrected chi connectivity index (χ4v) is 2.78. The second-order valence-corrected chi connectivity index (χ2v) is 6.32. The molecule has 2 rings (SSSR count). The van der Waals surface area contributed by atoms with E-state index in [1.54, 1.807) is 0 Å². The molecule has 0 radical (unpaired) electrons. The lowest BCUT2D eigenvalue weighted by molar-refractivity contribution is 0.452. The zero-order chi connectivity index (χ0) is 13.3. The predicted octanol–water partition coefficient (Wildman–Crippen LogP) is 3.27. The third-order valence-corrected chi connectivity index (χ3v) is 4.07. The Morgan fingerprint density at radius 2 is 2.00 bits per heavy atom. The highest BCUT2D eigenvalue weighted by atomic mass is 15.2. The van der Waals surface area contributed by atoms with Crippen molar-refractivity contribution in [2.45, 2.75) is 52.6 Å². The minimum Gasteiger partial charge on any atom is -0.365 e. The molecule has 1 aliphatic rings. The van der Waals surface area contributed by atoms with Gasteiger partial charge in [0.05, 0.1) is 0 Å². The van der Waals surface area contributed by atoms with Crippen molar-refractivity contribution in [1.82, 2.24) is 5.32 Å². The van der Waals surface area contributed by atoms with Crippen molar-refractivity contribution in [2.75, 3.05) is 18.0 Å². The Hall–Kier alpha value is -1.02. The average molecular weight is 246 g/mol. The van der Waals surface area contributed by atoms with Crippen LogP contribution in [0.2, 0.25) is 0 Å². The molecule has 1 fully saturated rings. The fraction of sp³-hybridized carbons (Fsp3) is 0.625. The molecular formula is C16H26N2. The Bertz CT molecular complexity index is 423. The number of hydrogen-bond acceptors (Lipinski definition) is 2. The van der Waals surface area contributed by atoms with Crippen LogP contribution in [0.4, 0.5) is 5.69 Å². The van der Waals surface area contributed by atoms with Gasteiger partial charge in [0.1, 0.15) is 0 Å². The highest BCUT2D eigenvalue weighted by Gasteiger charge is 2.31. The maximum Gasteiger partial charge on any atom is 0.0403 e. The molecule has 18 heavy (non-hydrogen) atoms. The molecule has 0 aromatic heterocycles. The van der Waals surface area contributed by atoms with E-state index in [2.05, 4.69) is 63.0 Å². The minimum atomic E-state index is 0.219. The topological polar surface area (TPSA) is 15.3 Å². The first-order chi connectivity index (χ1) is 8.40. The van der Waals surface area contributed by atoms with Gasteiger partial charge in [-0.15, -0.1) is 0 Å². The predicted molar refractivity (Wildman–Crippen MR) is 79.4 cm³/mol. The van der Waals surface area contributed by atoms with Gasteiger partial charge in [0.15, 0.2) is 0 Å². The van der Waals surface area contributed by atoms with Crippen LogP contribution >= 0.6 is 0 Å². The lowest BCUT2D eigenvalue weighted by Crippen LogP contribution is -2.46. The number of aryl methyl sites for hydroxylation is 2. The molecule has 1 aliphatic heterocycles. The van der Waals surface area contributed by atoms with E-state index in [1.165, 1.54) is 23.2 Å². The van der Waals surface area contributed by atoms with Crippen molar-refractivity contribution in [1.29, 1.82) is 0 Å². The second-order valence-electron chi connectivity index (χ2n) is 6.32. The van der Waals surface area contributed by atoms with Crippen LogP contribution in [0.3, 0.4) is 0 Å². The van der Waals surface area contributed by atoms with Crippen molar-refractivity contribution in [3.8, 4) is 0 Å². The first-order valence-electron chi connectivity index (χ1n) is 6.98. The van der Waals surface area contributed by atoms with Gasteiger partial charge >= 0.3 is 0 Å². The molecule has 100 valence electrons. The fourth-order valence-electron chi connectivity index (χ4n) is 2.78. The molecule has 1 saturated heterocycles. The third kappa shape index (κ3) is 2.69. The molecule has 1 aromatic carbocycles. The Morgan fingerprint density at radius 1 is 1.28 bits per heavy atom. The number of nitrogens with one attached hydrogen (secondary N) is 1. The van der Waals surface area contributed by atoms with E-state index >= 15 is 0 Å². The van der Waals surface area contributed by atoms with Gasteiger partial charge in [-0.25, -0.2) is 0 Å². The van der Waals surface area contributed by atoms with Gasteiger partial charge in [-0.2, -0.15) is 0 Å². The summed E-state index contributed by atoms with van der Waals surface area (Å²) in [6, 6.07) is 7.32. The summed E-state index contributed by atoms with van der Waals surface area (Å²) in [5, 5.41) is 3.59. The van der Waals surface area contributed by atoms with Gasteiger partial charge in [0, 0.05) is 23.8 Å². The molecule has 1 heterocycles. The normalized spacial score (nSPS) is 23.8. The third-order valence-electron chi connectivity index (χ3n) is 4.07. The quantitative estimate of drug-likeness (QED) is 0.818. The van der Waals surface area contributed by atoms with E-state index in [9.17, 15) is 0 Å². The van der Waals surface area contributed by atoms with E-state index in [0.29, 0.717) is 6.04 Å². The summed E-state index contributed by atoms with van der Waals surface area (Å²) in [4.78, 5) is 2.58. The largest absolute Gasteiger partial charge is 0.365 e. The van der Waals surface area contributed by atoms with Crippen LogP contribution in [0.5, 0.6) is 0 Å². The zero-order valence-corrected chi connectivity index (χ0v) is 12.4. The van der Waals surface area contributed by atoms with E-state index in [0.717, 1.165) is 13.1 Å². The van der Waals surface area contributed by atoms with Gasteiger partial charge in [-0.1, -0.05) is 12.1 Å². The Labute approximate surface area is 111 Å². The molecule has 0 aliphatic carbocycles. The van der Waals surface area contributed by atoms with Crippen LogP contribution in [0.1, 0.15) is 38.3 Å². The van der Waals surface area contributed by atoms with Crippen LogP contribution in [-0.4, -0.2) is 24.7 Å². The molecule has 0 saturated carbocycles. The molecule has 1 aromatic rings. The van der Waals surface area contributed by atoms with Gasteiger partial charge in [0.25, 0.3) is 0 Å². The molecule has 1 N–H and O–H groups in total. The standard InChI is InChI=1S/C16H26N2/c1-12-6-7-13(2)15(10-12)18-11-14(3)17-9-8-16(18,4)5/h6-7,10,14,17H,8-9,11H2,1-5H3. The number of hydrogen-bond donors (Lipinski definition) is 1. The average Bonchev–Trinajstić information content (AvgIpc) is 2.41. The summed E-state index contributed by atoms with van der Waals surface area (Å²) < 4.78 is 0. The highest BCUT2D eigenvalue weighted by Crippen LogP contribution is 2.31. The van der Waals surface area contributed by atoms with Crippen molar-refractivity contribution in [2.24, 2.45) is 0 Å². The van der Waals surface area contributed by atoms with Crippen LogP contribution < -0.4 is 10.2 Å². The molecule has 0 amide bonds. The Balaban J connectivity index is 2.41. The van der Waals surface area contributed by atoms with Crippen molar-refractivity contribution in [3.05, 3.63) is 29.3 Å². The van der Waals surface area contributed by atoms with Crippen LogP contribution in [0.25, 0.3) is 0 Å². The first-order valence-corrected chi connectivity index (χ1v) is 6.98. The van der Waals surface area contributed by atoms with Crippen LogP contribution in [0, 0.1) is 13.8 Å². The number of anilines is 1. The number of rotatable bonds is 1. The molecule has 2 nitrogen and oxygen atoms in total. The van der Waals surface area contributed by atoms with E-state index in [4.69, 9.17) is 0 Å². The maximum absolute atomic E-state index is 3.59. The van der Waals surface area contributed by atoms with Gasteiger partial charge in [0.2, 0.25) is 0 Å². The Morgan fingerprint density at radius 3 is 2.72 bits per heavy atom. The summed E-state index contributed by atoms with van der Waals surface area (Å²) in [5.74, 6) is 0. The SMILES string of the molecule is Cc1ccc(C)c(N2CC(C)NCCC2(C)C)c1. The Kier molecular flexibility index (Phi) is 3.67. The van der Waals surface area contributed by atoms with Crippen molar-refractivity contribution >= 4 is 5.69 Å². The smallest absolute Gasteiger partial charge is 0.0403 e. The molecule has 0 bridgehead atoms. The minimum absolute atomic E-state index is 0.219. The van der Waals surface area contributed by atoms with Crippen molar-refractivity contribution in [3.63, 3.8) is 0 Å². The van der Waals surface area contributed by atoms with Gasteiger partial charge in [-0.3, -0.25) is 0 Å².